The summed E-state index contributed by atoms with van der Waals surface area (Å²) in [6.07, 6.45) is 3.30. The molecule has 112 valence electrons. The van der Waals surface area contributed by atoms with E-state index in [1.165, 1.54) is 12.1 Å². The molecule has 2 rings (SSSR count). The predicted octanol–water partition coefficient (Wildman–Crippen LogP) is 2.25. The second kappa shape index (κ2) is 7.19. The van der Waals surface area contributed by atoms with Gasteiger partial charge in [0.2, 0.25) is 0 Å². The van der Waals surface area contributed by atoms with Crippen LogP contribution in [-0.2, 0) is 17.8 Å². The fraction of sp³-hybridized carbons (Fsp3) is 0.286. The number of carbonyl (C=O) groups is 1. The minimum atomic E-state index is -0.645. The summed E-state index contributed by atoms with van der Waals surface area (Å²) in [6, 6.07) is 3.94. The molecule has 0 saturated heterocycles. The fourth-order valence-electron chi connectivity index (χ4n) is 1.83. The monoisotopic (exact) mass is 311 g/mol. The molecular weight excluding hydrogens is 297 g/mol. The molecule has 1 amide bonds. The summed E-state index contributed by atoms with van der Waals surface area (Å²) in [5.41, 5.74) is 0.775. The third-order valence-electron chi connectivity index (χ3n) is 2.94. The van der Waals surface area contributed by atoms with Gasteiger partial charge >= 0.3 is 0 Å². The minimum absolute atomic E-state index is 0.0395. The van der Waals surface area contributed by atoms with Gasteiger partial charge in [-0.1, -0.05) is 11.6 Å². The third-order valence-corrected chi connectivity index (χ3v) is 3.18. The Morgan fingerprint density at radius 2 is 2.33 bits per heavy atom. The van der Waals surface area contributed by atoms with Crippen molar-refractivity contribution >= 4 is 17.5 Å². The van der Waals surface area contributed by atoms with Crippen LogP contribution in [0, 0.1) is 5.82 Å². The number of rotatable bonds is 6. The van der Waals surface area contributed by atoms with E-state index in [1.54, 1.807) is 19.6 Å². The Labute approximate surface area is 126 Å². The zero-order valence-electron chi connectivity index (χ0n) is 11.5. The summed E-state index contributed by atoms with van der Waals surface area (Å²) in [6.45, 7) is 1.44. The van der Waals surface area contributed by atoms with Crippen LogP contribution in [-0.4, -0.2) is 29.2 Å². The molecule has 1 aromatic heterocycles. The number of benzene rings is 1. The van der Waals surface area contributed by atoms with E-state index in [2.05, 4.69) is 10.3 Å². The van der Waals surface area contributed by atoms with Crippen molar-refractivity contribution in [1.29, 1.82) is 0 Å². The number of methoxy groups -OCH3 is 1. The fourth-order valence-corrected chi connectivity index (χ4v) is 1.98. The number of hydrogen-bond acceptors (Lipinski definition) is 3. The molecule has 0 bridgehead atoms. The van der Waals surface area contributed by atoms with Gasteiger partial charge in [-0.2, -0.15) is 0 Å². The van der Waals surface area contributed by atoms with Crippen molar-refractivity contribution in [3.8, 4) is 0 Å². The molecule has 0 aliphatic carbocycles. The summed E-state index contributed by atoms with van der Waals surface area (Å²) in [5, 5.41) is 2.91. The summed E-state index contributed by atoms with van der Waals surface area (Å²) < 4.78 is 20.5. The van der Waals surface area contributed by atoms with Gasteiger partial charge in [0.1, 0.15) is 5.82 Å². The SMILES string of the molecule is COCCn1cncc1CNC(=O)c1ccc(Cl)cc1F. The molecule has 0 spiro atoms. The lowest BCUT2D eigenvalue weighted by atomic mass is 10.2. The maximum atomic E-state index is 13.6. The number of nitrogens with one attached hydrogen (secondary N) is 1. The quantitative estimate of drug-likeness (QED) is 0.890. The Morgan fingerprint density at radius 1 is 1.52 bits per heavy atom. The van der Waals surface area contributed by atoms with Crippen LogP contribution >= 0.6 is 11.6 Å². The van der Waals surface area contributed by atoms with Crippen molar-refractivity contribution in [3.63, 3.8) is 0 Å². The summed E-state index contributed by atoms with van der Waals surface area (Å²) in [4.78, 5) is 16.0. The maximum absolute atomic E-state index is 13.6. The van der Waals surface area contributed by atoms with E-state index in [9.17, 15) is 9.18 Å². The van der Waals surface area contributed by atoms with Crippen LogP contribution in [0.15, 0.2) is 30.7 Å². The third kappa shape index (κ3) is 4.03. The summed E-state index contributed by atoms with van der Waals surface area (Å²) in [7, 11) is 1.61. The Hall–Kier alpha value is -1.92. The van der Waals surface area contributed by atoms with Crippen LogP contribution in [0.25, 0.3) is 0 Å². The van der Waals surface area contributed by atoms with Crippen LogP contribution in [0.2, 0.25) is 5.02 Å². The molecule has 7 heteroatoms. The first-order chi connectivity index (χ1) is 10.1. The number of imidazole rings is 1. The molecule has 0 saturated carbocycles. The van der Waals surface area contributed by atoms with Crippen LogP contribution in [0.3, 0.4) is 0 Å². The highest BCUT2D eigenvalue weighted by molar-refractivity contribution is 6.30. The number of ether oxygens (including phenoxy) is 1. The standard InChI is InChI=1S/C14H15ClFN3O2/c1-21-5-4-19-9-17-7-11(19)8-18-14(20)12-3-2-10(15)6-13(12)16/h2-3,6-7,9H,4-5,8H2,1H3,(H,18,20). The molecule has 0 aliphatic heterocycles. The Morgan fingerprint density at radius 3 is 3.05 bits per heavy atom. The molecule has 1 heterocycles. The van der Waals surface area contributed by atoms with Crippen molar-refractivity contribution in [2.75, 3.05) is 13.7 Å². The van der Waals surface area contributed by atoms with Crippen molar-refractivity contribution < 1.29 is 13.9 Å². The smallest absolute Gasteiger partial charge is 0.254 e. The number of halogens is 2. The Kier molecular flexibility index (Phi) is 5.30. The lowest BCUT2D eigenvalue weighted by molar-refractivity contribution is 0.0946. The topological polar surface area (TPSA) is 56.1 Å². The molecule has 0 unspecified atom stereocenters. The summed E-state index contributed by atoms with van der Waals surface area (Å²) >= 11 is 5.65. The molecule has 21 heavy (non-hydrogen) atoms. The molecule has 0 aliphatic rings. The number of aromatic nitrogens is 2. The van der Waals surface area contributed by atoms with Crippen LogP contribution in [0.1, 0.15) is 16.1 Å². The minimum Gasteiger partial charge on any atom is -0.383 e. The van der Waals surface area contributed by atoms with E-state index in [0.717, 1.165) is 11.8 Å². The number of amides is 1. The van der Waals surface area contributed by atoms with Crippen molar-refractivity contribution in [3.05, 3.63) is 52.8 Å². The zero-order valence-corrected chi connectivity index (χ0v) is 12.2. The molecule has 5 nitrogen and oxygen atoms in total. The lowest BCUT2D eigenvalue weighted by Gasteiger charge is -2.09. The van der Waals surface area contributed by atoms with Gasteiger partial charge in [0.25, 0.3) is 5.91 Å². The van der Waals surface area contributed by atoms with E-state index >= 15 is 0 Å². The molecule has 0 fully saturated rings. The first kappa shape index (κ1) is 15.5. The van der Waals surface area contributed by atoms with Gasteiger partial charge in [-0.15, -0.1) is 0 Å². The van der Waals surface area contributed by atoms with Crippen molar-refractivity contribution in [2.24, 2.45) is 0 Å². The number of nitrogens with zero attached hydrogens (tertiary/aromatic N) is 2. The van der Waals surface area contributed by atoms with Crippen molar-refractivity contribution in [1.82, 2.24) is 14.9 Å². The first-order valence-corrected chi connectivity index (χ1v) is 6.71. The molecule has 1 aromatic carbocycles. The molecule has 0 radical (unpaired) electrons. The van der Waals surface area contributed by atoms with Gasteiger partial charge in [-0.25, -0.2) is 9.37 Å². The van der Waals surface area contributed by atoms with Gasteiger partial charge in [-0.3, -0.25) is 4.79 Å². The average molecular weight is 312 g/mol. The van der Waals surface area contributed by atoms with Gasteiger partial charge in [0, 0.05) is 24.9 Å². The second-order valence-electron chi connectivity index (χ2n) is 4.38. The van der Waals surface area contributed by atoms with Crippen LogP contribution < -0.4 is 5.32 Å². The molecule has 1 N–H and O–H groups in total. The highest BCUT2D eigenvalue weighted by Gasteiger charge is 2.12. The van der Waals surface area contributed by atoms with Crippen LogP contribution in [0.4, 0.5) is 4.39 Å². The largest absolute Gasteiger partial charge is 0.383 e. The lowest BCUT2D eigenvalue weighted by Crippen LogP contribution is -2.25. The van der Waals surface area contributed by atoms with E-state index in [4.69, 9.17) is 16.3 Å². The molecule has 0 atom stereocenters. The van der Waals surface area contributed by atoms with Gasteiger partial charge in [0.15, 0.2) is 0 Å². The molecule has 2 aromatic rings. The number of hydrogen-bond donors (Lipinski definition) is 1. The van der Waals surface area contributed by atoms with E-state index < -0.39 is 11.7 Å². The van der Waals surface area contributed by atoms with Crippen molar-refractivity contribution in [2.45, 2.75) is 13.1 Å². The number of carbonyl (C=O) groups excluding carboxylic acids is 1. The second-order valence-corrected chi connectivity index (χ2v) is 4.81. The normalized spacial score (nSPS) is 10.6. The van der Waals surface area contributed by atoms with E-state index in [1.807, 2.05) is 4.57 Å². The maximum Gasteiger partial charge on any atom is 0.254 e. The van der Waals surface area contributed by atoms with Gasteiger partial charge in [0.05, 0.1) is 30.7 Å². The van der Waals surface area contributed by atoms with Gasteiger partial charge < -0.3 is 14.6 Å². The highest BCUT2D eigenvalue weighted by Crippen LogP contribution is 2.14. The predicted molar refractivity (Wildman–Crippen MR) is 76.7 cm³/mol. The zero-order chi connectivity index (χ0) is 15.2. The first-order valence-electron chi connectivity index (χ1n) is 6.33. The van der Waals surface area contributed by atoms with E-state index in [0.29, 0.717) is 13.2 Å². The highest BCUT2D eigenvalue weighted by atomic mass is 35.5. The van der Waals surface area contributed by atoms with E-state index in [-0.39, 0.29) is 17.1 Å². The van der Waals surface area contributed by atoms with Crippen LogP contribution in [0.5, 0.6) is 0 Å². The Bertz CT molecular complexity index is 630. The summed E-state index contributed by atoms with van der Waals surface area (Å²) in [5.74, 6) is -1.14. The average Bonchev–Trinajstić information content (AvgIpc) is 2.90. The van der Waals surface area contributed by atoms with Gasteiger partial charge in [-0.05, 0) is 18.2 Å². The molecular formula is C14H15ClFN3O2. The Balaban J connectivity index is 1.99.